The summed E-state index contributed by atoms with van der Waals surface area (Å²) in [6.45, 7) is 2.02. The van der Waals surface area contributed by atoms with Crippen molar-refractivity contribution in [3.05, 3.63) is 65.7 Å². The van der Waals surface area contributed by atoms with Crippen molar-refractivity contribution in [3.63, 3.8) is 0 Å². The van der Waals surface area contributed by atoms with Crippen molar-refractivity contribution >= 4 is 5.69 Å². The highest BCUT2D eigenvalue weighted by Gasteiger charge is 2.28. The Morgan fingerprint density at radius 1 is 1.05 bits per heavy atom. The summed E-state index contributed by atoms with van der Waals surface area (Å²) in [7, 11) is 0. The number of hydrogen-bond acceptors (Lipinski definition) is 2. The molecule has 1 atom stereocenters. The van der Waals surface area contributed by atoms with E-state index in [-0.39, 0.29) is 6.54 Å². The van der Waals surface area contributed by atoms with Crippen molar-refractivity contribution in [2.45, 2.75) is 18.9 Å². The van der Waals surface area contributed by atoms with E-state index in [4.69, 9.17) is 0 Å². The topological polar surface area (TPSA) is 32.3 Å². The summed E-state index contributed by atoms with van der Waals surface area (Å²) in [4.78, 5) is 0. The summed E-state index contributed by atoms with van der Waals surface area (Å²) in [5.74, 6) is -1.86. The van der Waals surface area contributed by atoms with Crippen LogP contribution in [0.3, 0.4) is 0 Å². The summed E-state index contributed by atoms with van der Waals surface area (Å²) >= 11 is 0. The molecule has 0 heterocycles. The number of para-hydroxylation sites is 1. The molecule has 2 aromatic rings. The minimum absolute atomic E-state index is 0.221. The molecule has 20 heavy (non-hydrogen) atoms. The number of halogens is 2. The van der Waals surface area contributed by atoms with Gasteiger partial charge in [-0.25, -0.2) is 8.78 Å². The molecular weight excluding hydrogens is 260 g/mol. The Hall–Kier alpha value is -1.94. The Bertz CT molecular complexity index is 574. The third kappa shape index (κ3) is 3.14. The molecule has 0 saturated heterocycles. The molecular formula is C16H17F2NO. The normalized spacial score (nSPS) is 13.8. The van der Waals surface area contributed by atoms with Gasteiger partial charge >= 0.3 is 0 Å². The van der Waals surface area contributed by atoms with Crippen LogP contribution in [-0.4, -0.2) is 11.7 Å². The second-order valence-electron chi connectivity index (χ2n) is 4.73. The molecule has 2 aromatic carbocycles. The molecule has 0 aliphatic rings. The Morgan fingerprint density at radius 2 is 1.75 bits per heavy atom. The lowest BCUT2D eigenvalue weighted by atomic mass is 9.91. The van der Waals surface area contributed by atoms with E-state index in [1.807, 2.05) is 30.3 Å². The Morgan fingerprint density at radius 3 is 2.35 bits per heavy atom. The van der Waals surface area contributed by atoms with Crippen LogP contribution in [0.5, 0.6) is 0 Å². The molecule has 2 nitrogen and oxygen atoms in total. The van der Waals surface area contributed by atoms with Crippen molar-refractivity contribution in [2.75, 3.05) is 11.9 Å². The van der Waals surface area contributed by atoms with Gasteiger partial charge in [0.2, 0.25) is 0 Å². The molecule has 0 radical (unpaired) electrons. The predicted octanol–water partition coefficient (Wildman–Crippen LogP) is 3.67. The first-order valence-electron chi connectivity index (χ1n) is 6.52. The van der Waals surface area contributed by atoms with Crippen LogP contribution < -0.4 is 5.32 Å². The van der Waals surface area contributed by atoms with Crippen molar-refractivity contribution in [1.29, 1.82) is 0 Å². The maximum absolute atomic E-state index is 13.3. The minimum Gasteiger partial charge on any atom is -0.383 e. The van der Waals surface area contributed by atoms with Gasteiger partial charge in [-0.2, -0.15) is 0 Å². The highest BCUT2D eigenvalue weighted by molar-refractivity contribution is 5.43. The van der Waals surface area contributed by atoms with Gasteiger partial charge in [0.1, 0.15) is 5.60 Å². The lowest BCUT2D eigenvalue weighted by Crippen LogP contribution is -2.33. The van der Waals surface area contributed by atoms with E-state index >= 15 is 0 Å². The molecule has 1 unspecified atom stereocenters. The molecule has 2 rings (SSSR count). The average Bonchev–Trinajstić information content (AvgIpc) is 2.48. The molecule has 4 heteroatoms. The van der Waals surface area contributed by atoms with Gasteiger partial charge in [0.25, 0.3) is 0 Å². The molecule has 0 aliphatic heterocycles. The second kappa shape index (κ2) is 6.01. The summed E-state index contributed by atoms with van der Waals surface area (Å²) in [5.41, 5.74) is -0.0195. The van der Waals surface area contributed by atoms with Crippen molar-refractivity contribution < 1.29 is 13.9 Å². The number of anilines is 1. The maximum Gasteiger partial charge on any atom is 0.159 e. The molecule has 0 amide bonds. The fraction of sp³-hybridized carbons (Fsp3) is 0.250. The number of nitrogens with one attached hydrogen (secondary N) is 1. The van der Waals surface area contributed by atoms with Gasteiger partial charge in [0.05, 0.1) is 0 Å². The van der Waals surface area contributed by atoms with Crippen molar-refractivity contribution in [1.82, 2.24) is 0 Å². The summed E-state index contributed by atoms with van der Waals surface area (Å²) < 4.78 is 26.3. The monoisotopic (exact) mass is 277 g/mol. The van der Waals surface area contributed by atoms with Gasteiger partial charge in [-0.15, -0.1) is 0 Å². The SMILES string of the molecule is CCC(O)(CNc1ccccc1)c1ccc(F)c(F)c1. The molecule has 0 aromatic heterocycles. The van der Waals surface area contributed by atoms with E-state index in [0.717, 1.165) is 17.8 Å². The Balaban J connectivity index is 2.18. The van der Waals surface area contributed by atoms with Crippen LogP contribution in [0, 0.1) is 11.6 Å². The van der Waals surface area contributed by atoms with Crippen molar-refractivity contribution in [2.24, 2.45) is 0 Å². The van der Waals surface area contributed by atoms with E-state index < -0.39 is 17.2 Å². The summed E-state index contributed by atoms with van der Waals surface area (Å²) in [5, 5.41) is 13.7. The van der Waals surface area contributed by atoms with Gasteiger partial charge < -0.3 is 10.4 Å². The van der Waals surface area contributed by atoms with Crippen LogP contribution in [0.2, 0.25) is 0 Å². The first-order valence-corrected chi connectivity index (χ1v) is 6.52. The summed E-state index contributed by atoms with van der Waals surface area (Å²) in [6.07, 6.45) is 0.387. The minimum atomic E-state index is -1.25. The molecule has 0 aliphatic carbocycles. The maximum atomic E-state index is 13.3. The van der Waals surface area contributed by atoms with Gasteiger partial charge in [0, 0.05) is 12.2 Å². The first kappa shape index (κ1) is 14.5. The molecule has 2 N–H and O–H groups in total. The molecule has 0 spiro atoms. The van der Waals surface area contributed by atoms with Crippen molar-refractivity contribution in [3.8, 4) is 0 Å². The van der Waals surface area contributed by atoms with Crippen LogP contribution in [0.15, 0.2) is 48.5 Å². The van der Waals surface area contributed by atoms with Crippen LogP contribution in [-0.2, 0) is 5.60 Å². The lowest BCUT2D eigenvalue weighted by molar-refractivity contribution is 0.0459. The number of rotatable bonds is 5. The van der Waals surface area contributed by atoms with Crippen LogP contribution in [0.1, 0.15) is 18.9 Å². The third-order valence-corrected chi connectivity index (χ3v) is 3.40. The zero-order chi connectivity index (χ0) is 14.6. The van der Waals surface area contributed by atoms with Crippen LogP contribution in [0.25, 0.3) is 0 Å². The average molecular weight is 277 g/mol. The highest BCUT2D eigenvalue weighted by Crippen LogP contribution is 2.27. The van der Waals surface area contributed by atoms with Gasteiger partial charge in [-0.3, -0.25) is 0 Å². The van der Waals surface area contributed by atoms with Crippen LogP contribution >= 0.6 is 0 Å². The predicted molar refractivity (Wildman–Crippen MR) is 75.5 cm³/mol. The molecule has 0 saturated carbocycles. The standard InChI is InChI=1S/C16H17F2NO/c1-2-16(20,11-19-13-6-4-3-5-7-13)12-8-9-14(17)15(18)10-12/h3-10,19-20H,2,11H2,1H3. The zero-order valence-electron chi connectivity index (χ0n) is 11.2. The first-order chi connectivity index (χ1) is 9.55. The van der Waals surface area contributed by atoms with Gasteiger partial charge in [-0.1, -0.05) is 31.2 Å². The van der Waals surface area contributed by atoms with Crippen LogP contribution in [0.4, 0.5) is 14.5 Å². The van der Waals surface area contributed by atoms with Gasteiger partial charge in [-0.05, 0) is 36.2 Å². The largest absolute Gasteiger partial charge is 0.383 e. The Kier molecular flexibility index (Phi) is 4.35. The van der Waals surface area contributed by atoms with Gasteiger partial charge in [0.15, 0.2) is 11.6 Å². The summed E-state index contributed by atoms with van der Waals surface area (Å²) in [6, 6.07) is 12.9. The number of aliphatic hydroxyl groups is 1. The van der Waals surface area contributed by atoms with E-state index in [1.165, 1.54) is 6.07 Å². The highest BCUT2D eigenvalue weighted by atomic mass is 19.2. The number of hydrogen-bond donors (Lipinski definition) is 2. The van der Waals surface area contributed by atoms with E-state index in [0.29, 0.717) is 12.0 Å². The molecule has 106 valence electrons. The molecule has 0 fully saturated rings. The third-order valence-electron chi connectivity index (χ3n) is 3.40. The zero-order valence-corrected chi connectivity index (χ0v) is 11.2. The number of benzene rings is 2. The van der Waals surface area contributed by atoms with E-state index in [9.17, 15) is 13.9 Å². The van der Waals surface area contributed by atoms with E-state index in [2.05, 4.69) is 5.32 Å². The fourth-order valence-electron chi connectivity index (χ4n) is 2.02. The smallest absolute Gasteiger partial charge is 0.159 e. The molecule has 0 bridgehead atoms. The second-order valence-corrected chi connectivity index (χ2v) is 4.73. The lowest BCUT2D eigenvalue weighted by Gasteiger charge is -2.28. The fourth-order valence-corrected chi connectivity index (χ4v) is 2.02. The van der Waals surface area contributed by atoms with E-state index in [1.54, 1.807) is 6.92 Å². The quantitative estimate of drug-likeness (QED) is 0.874. The Labute approximate surface area is 117 Å².